The Morgan fingerprint density at radius 1 is 1.16 bits per heavy atom. The van der Waals surface area contributed by atoms with Crippen molar-refractivity contribution in [1.82, 2.24) is 4.90 Å². The Morgan fingerprint density at radius 3 is 2.62 bits per heavy atom. The maximum Gasteiger partial charge on any atom is 0.254 e. The minimum absolute atomic E-state index is 0.0239. The highest BCUT2D eigenvalue weighted by atomic mass is 35.5. The molecule has 2 amide bonds. The van der Waals surface area contributed by atoms with Crippen LogP contribution in [0.5, 0.6) is 11.5 Å². The summed E-state index contributed by atoms with van der Waals surface area (Å²) in [7, 11) is 0. The summed E-state index contributed by atoms with van der Waals surface area (Å²) >= 11 is 6.47. The third-order valence-electron chi connectivity index (χ3n) is 5.70. The number of benzene rings is 2. The number of amides is 2. The predicted octanol–water partition coefficient (Wildman–Crippen LogP) is 4.04. The topological polar surface area (TPSA) is 93.9 Å². The van der Waals surface area contributed by atoms with Crippen LogP contribution in [0.2, 0.25) is 5.02 Å². The first-order chi connectivity index (χ1) is 15.3. The third kappa shape index (κ3) is 5.16. The van der Waals surface area contributed by atoms with Crippen molar-refractivity contribution in [1.29, 1.82) is 0 Å². The lowest BCUT2D eigenvalue weighted by atomic mass is 9.92. The van der Waals surface area contributed by atoms with Crippen LogP contribution in [0, 0.1) is 11.3 Å². The van der Waals surface area contributed by atoms with Crippen molar-refractivity contribution in [3.8, 4) is 11.5 Å². The van der Waals surface area contributed by atoms with Crippen LogP contribution in [0.25, 0.3) is 0 Å². The van der Waals surface area contributed by atoms with Crippen LogP contribution < -0.4 is 20.5 Å². The molecule has 0 radical (unpaired) electrons. The van der Waals surface area contributed by atoms with Crippen molar-refractivity contribution in [2.24, 2.45) is 17.1 Å². The Bertz CT molecular complexity index is 1040. The molecule has 2 aromatic rings. The quantitative estimate of drug-likeness (QED) is 0.623. The van der Waals surface area contributed by atoms with Gasteiger partial charge in [-0.05, 0) is 66.8 Å². The number of rotatable bonds is 8. The standard InChI is InChI=1S/C24H28ClN3O4/c1-24(2,12-26)13-28(23(30)16-5-8-20-21(10-16)32-14-31-20)11-17-9-18(6-7-19(17)25)27-22(29)15-3-4-15/h5-10,15H,3-4,11-14,26H2,1-2H3,(H,27,29). The maximum absolute atomic E-state index is 13.5. The van der Waals surface area contributed by atoms with Crippen molar-refractivity contribution in [3.63, 3.8) is 0 Å². The molecule has 1 fully saturated rings. The van der Waals surface area contributed by atoms with Gasteiger partial charge in [-0.1, -0.05) is 25.4 Å². The highest BCUT2D eigenvalue weighted by molar-refractivity contribution is 6.31. The number of nitrogens with two attached hydrogens (primary N) is 1. The lowest BCUT2D eigenvalue weighted by molar-refractivity contribution is -0.117. The van der Waals surface area contributed by atoms with E-state index in [1.165, 1.54) is 0 Å². The molecule has 8 heteroatoms. The lowest BCUT2D eigenvalue weighted by Gasteiger charge is -2.32. The molecule has 1 aliphatic carbocycles. The molecule has 1 aliphatic heterocycles. The second-order valence-electron chi connectivity index (χ2n) is 9.17. The van der Waals surface area contributed by atoms with Gasteiger partial charge in [-0.3, -0.25) is 9.59 Å². The van der Waals surface area contributed by atoms with Gasteiger partial charge >= 0.3 is 0 Å². The molecule has 3 N–H and O–H groups in total. The molecule has 0 aromatic heterocycles. The van der Waals surface area contributed by atoms with Gasteiger partial charge < -0.3 is 25.4 Å². The van der Waals surface area contributed by atoms with Crippen molar-refractivity contribution in [2.75, 3.05) is 25.2 Å². The number of halogens is 1. The van der Waals surface area contributed by atoms with Crippen molar-refractivity contribution in [3.05, 3.63) is 52.5 Å². The van der Waals surface area contributed by atoms with E-state index in [0.29, 0.717) is 40.9 Å². The van der Waals surface area contributed by atoms with Gasteiger partial charge in [0.1, 0.15) is 0 Å². The second kappa shape index (κ2) is 9.00. The molecule has 170 valence electrons. The molecule has 0 saturated heterocycles. The molecule has 32 heavy (non-hydrogen) atoms. The summed E-state index contributed by atoms with van der Waals surface area (Å²) in [5.74, 6) is 1.14. The Morgan fingerprint density at radius 2 is 1.91 bits per heavy atom. The molecule has 0 spiro atoms. The van der Waals surface area contributed by atoms with Crippen LogP contribution in [0.15, 0.2) is 36.4 Å². The average molecular weight is 458 g/mol. The molecule has 0 unspecified atom stereocenters. The van der Waals surface area contributed by atoms with Crippen LogP contribution in [0.3, 0.4) is 0 Å². The van der Waals surface area contributed by atoms with Crippen LogP contribution in [-0.4, -0.2) is 36.6 Å². The molecule has 2 aliphatic rings. The number of hydrogen-bond donors (Lipinski definition) is 2. The summed E-state index contributed by atoms with van der Waals surface area (Å²) in [6.07, 6.45) is 1.86. The van der Waals surface area contributed by atoms with E-state index < -0.39 is 0 Å². The van der Waals surface area contributed by atoms with Crippen LogP contribution in [0.4, 0.5) is 5.69 Å². The average Bonchev–Trinajstić information content (AvgIpc) is 3.52. The number of hydrogen-bond acceptors (Lipinski definition) is 5. The molecule has 0 atom stereocenters. The highest BCUT2D eigenvalue weighted by Crippen LogP contribution is 2.34. The Balaban J connectivity index is 1.59. The lowest BCUT2D eigenvalue weighted by Crippen LogP contribution is -2.41. The van der Waals surface area contributed by atoms with Gasteiger partial charge in [0.15, 0.2) is 11.5 Å². The highest BCUT2D eigenvalue weighted by Gasteiger charge is 2.30. The van der Waals surface area contributed by atoms with E-state index in [0.717, 1.165) is 18.4 Å². The van der Waals surface area contributed by atoms with Gasteiger partial charge in [0.05, 0.1) is 0 Å². The van der Waals surface area contributed by atoms with Gasteiger partial charge in [0.25, 0.3) is 5.91 Å². The molecule has 1 saturated carbocycles. The molecular weight excluding hydrogens is 430 g/mol. The number of carbonyl (C=O) groups excluding carboxylic acids is 2. The first-order valence-corrected chi connectivity index (χ1v) is 11.1. The van der Waals surface area contributed by atoms with Crippen molar-refractivity contribution < 1.29 is 19.1 Å². The summed E-state index contributed by atoms with van der Waals surface area (Å²) in [4.78, 5) is 27.4. The second-order valence-corrected chi connectivity index (χ2v) is 9.57. The monoisotopic (exact) mass is 457 g/mol. The minimum atomic E-state index is -0.295. The molecule has 0 bridgehead atoms. The van der Waals surface area contributed by atoms with Gasteiger partial charge in [-0.15, -0.1) is 0 Å². The predicted molar refractivity (Wildman–Crippen MR) is 123 cm³/mol. The number of nitrogens with zero attached hydrogens (tertiary/aromatic N) is 1. The normalized spacial score (nSPS) is 14.9. The number of ether oxygens (including phenoxy) is 2. The molecule has 7 nitrogen and oxygen atoms in total. The molecule has 1 heterocycles. The van der Waals surface area contributed by atoms with E-state index in [2.05, 4.69) is 5.32 Å². The minimum Gasteiger partial charge on any atom is -0.454 e. The van der Waals surface area contributed by atoms with Crippen molar-refractivity contribution in [2.45, 2.75) is 33.2 Å². The van der Waals surface area contributed by atoms with Crippen LogP contribution in [0.1, 0.15) is 42.6 Å². The summed E-state index contributed by atoms with van der Waals surface area (Å²) in [5.41, 5.74) is 7.58. The molecule has 2 aromatic carbocycles. The summed E-state index contributed by atoms with van der Waals surface area (Å²) < 4.78 is 10.8. The zero-order valence-corrected chi connectivity index (χ0v) is 19.1. The number of anilines is 1. The summed E-state index contributed by atoms with van der Waals surface area (Å²) in [5, 5.41) is 3.47. The fourth-order valence-electron chi connectivity index (χ4n) is 3.56. The largest absolute Gasteiger partial charge is 0.454 e. The van der Waals surface area contributed by atoms with Gasteiger partial charge in [0, 0.05) is 35.3 Å². The van der Waals surface area contributed by atoms with E-state index in [-0.39, 0.29) is 36.5 Å². The third-order valence-corrected chi connectivity index (χ3v) is 6.07. The van der Waals surface area contributed by atoms with E-state index in [1.807, 2.05) is 19.9 Å². The zero-order chi connectivity index (χ0) is 22.9. The summed E-state index contributed by atoms with van der Waals surface area (Å²) in [6.45, 7) is 5.31. The SMILES string of the molecule is CC(C)(CN)CN(Cc1cc(NC(=O)C2CC2)ccc1Cl)C(=O)c1ccc2c(c1)OCO2. The van der Waals surface area contributed by atoms with Crippen LogP contribution >= 0.6 is 11.6 Å². The fourth-order valence-corrected chi connectivity index (χ4v) is 3.74. The van der Waals surface area contributed by atoms with Gasteiger partial charge in [-0.2, -0.15) is 0 Å². The van der Waals surface area contributed by atoms with E-state index in [1.54, 1.807) is 35.2 Å². The van der Waals surface area contributed by atoms with E-state index >= 15 is 0 Å². The van der Waals surface area contributed by atoms with Gasteiger partial charge in [-0.25, -0.2) is 0 Å². The first-order valence-electron chi connectivity index (χ1n) is 10.7. The Hall–Kier alpha value is -2.77. The fraction of sp³-hybridized carbons (Fsp3) is 0.417. The Labute approximate surface area is 192 Å². The first kappa shape index (κ1) is 22.4. The Kier molecular flexibility index (Phi) is 6.31. The number of carbonyl (C=O) groups is 2. The van der Waals surface area contributed by atoms with E-state index in [4.69, 9.17) is 26.8 Å². The zero-order valence-electron chi connectivity index (χ0n) is 18.3. The van der Waals surface area contributed by atoms with Crippen molar-refractivity contribution >= 4 is 29.1 Å². The summed E-state index contributed by atoms with van der Waals surface area (Å²) in [6, 6.07) is 10.5. The maximum atomic E-state index is 13.5. The van der Waals surface area contributed by atoms with Crippen LogP contribution in [-0.2, 0) is 11.3 Å². The number of fused-ring (bicyclic) bond motifs is 1. The molecule has 4 rings (SSSR count). The number of nitrogens with one attached hydrogen (secondary N) is 1. The molecular formula is C24H28ClN3O4. The van der Waals surface area contributed by atoms with Gasteiger partial charge in [0.2, 0.25) is 12.7 Å². The van der Waals surface area contributed by atoms with E-state index in [9.17, 15) is 9.59 Å². The smallest absolute Gasteiger partial charge is 0.254 e.